The molecule has 0 unspecified atom stereocenters. The summed E-state index contributed by atoms with van der Waals surface area (Å²) in [4.78, 5) is 11.3. The van der Waals surface area contributed by atoms with Crippen LogP contribution in [0.5, 0.6) is 0 Å². The molecule has 112 valence electrons. The molecule has 0 radical (unpaired) electrons. The second kappa shape index (κ2) is 4.79. The first-order valence-electron chi connectivity index (χ1n) is 6.05. The predicted molar refractivity (Wildman–Crippen MR) is 65.9 cm³/mol. The van der Waals surface area contributed by atoms with Crippen molar-refractivity contribution in [2.45, 2.75) is 24.9 Å². The van der Waals surface area contributed by atoms with Gasteiger partial charge in [-0.3, -0.25) is 4.79 Å². The van der Waals surface area contributed by atoms with Crippen LogP contribution in [0.3, 0.4) is 0 Å². The zero-order valence-electron chi connectivity index (χ0n) is 10.4. The van der Waals surface area contributed by atoms with Gasteiger partial charge in [-0.15, -0.1) is 10.2 Å². The summed E-state index contributed by atoms with van der Waals surface area (Å²) >= 11 is 0.943. The number of fused-ring (bicyclic) bond motifs is 1. The minimum atomic E-state index is -4.65. The van der Waals surface area contributed by atoms with Gasteiger partial charge in [0.25, 0.3) is 5.82 Å². The first-order valence-corrected chi connectivity index (χ1v) is 6.86. The van der Waals surface area contributed by atoms with Crippen LogP contribution < -0.4 is 0 Å². The maximum Gasteiger partial charge on any atom is 0.453 e. The Morgan fingerprint density at radius 2 is 2.05 bits per heavy atom. The van der Waals surface area contributed by atoms with Gasteiger partial charge < -0.3 is 5.11 Å². The topological polar surface area (TPSA) is 80.4 Å². The van der Waals surface area contributed by atoms with Crippen molar-refractivity contribution in [1.29, 1.82) is 0 Å². The monoisotopic (exact) mass is 318 g/mol. The average molecular weight is 318 g/mol. The molecule has 6 nitrogen and oxygen atoms in total. The summed E-state index contributed by atoms with van der Waals surface area (Å²) in [5.41, 5.74) is 0. The molecule has 2 aromatic rings. The molecule has 2 heterocycles. The van der Waals surface area contributed by atoms with Crippen LogP contribution in [0.4, 0.5) is 13.2 Å². The summed E-state index contributed by atoms with van der Waals surface area (Å²) in [5, 5.41) is 20.0. The Kier molecular flexibility index (Phi) is 3.19. The minimum Gasteiger partial charge on any atom is -0.481 e. The summed E-state index contributed by atoms with van der Waals surface area (Å²) < 4.78 is 38.9. The first-order chi connectivity index (χ1) is 9.88. The SMILES string of the molecule is O=C(O)[C@H]1CC=CC[C@H]1c1nn2c(C(F)(F)F)nnc2s1. The van der Waals surface area contributed by atoms with Gasteiger partial charge in [0.1, 0.15) is 5.01 Å². The number of allylic oxidation sites excluding steroid dienone is 2. The van der Waals surface area contributed by atoms with E-state index in [0.29, 0.717) is 22.4 Å². The molecule has 0 saturated carbocycles. The smallest absolute Gasteiger partial charge is 0.453 e. The molecule has 1 aliphatic rings. The normalized spacial score (nSPS) is 22.8. The number of carboxylic acids is 1. The molecular weight excluding hydrogens is 309 g/mol. The Bertz CT molecular complexity index is 721. The summed E-state index contributed by atoms with van der Waals surface area (Å²) in [7, 11) is 0. The zero-order valence-corrected chi connectivity index (χ0v) is 11.2. The molecule has 0 amide bonds. The molecule has 0 fully saturated rings. The van der Waals surface area contributed by atoms with E-state index < -0.39 is 29.8 Å². The van der Waals surface area contributed by atoms with Gasteiger partial charge in [0, 0.05) is 5.92 Å². The summed E-state index contributed by atoms with van der Waals surface area (Å²) in [5.74, 6) is -3.31. The third kappa shape index (κ3) is 2.39. The number of aliphatic carboxylic acids is 1. The highest BCUT2D eigenvalue weighted by molar-refractivity contribution is 7.16. The molecule has 21 heavy (non-hydrogen) atoms. The van der Waals surface area contributed by atoms with E-state index in [4.69, 9.17) is 0 Å². The standard InChI is InChI=1S/C11H9F3N4O2S/c12-11(13,14)9-15-16-10-18(9)17-7(21-10)5-3-1-2-4-6(5)8(19)20/h1-2,5-6H,3-4H2,(H,19,20)/t5-,6+/m1/s1. The van der Waals surface area contributed by atoms with Gasteiger partial charge >= 0.3 is 12.1 Å². The fourth-order valence-corrected chi connectivity index (χ4v) is 3.34. The molecule has 1 N–H and O–H groups in total. The lowest BCUT2D eigenvalue weighted by molar-refractivity contribution is -0.146. The quantitative estimate of drug-likeness (QED) is 0.860. The second-order valence-electron chi connectivity index (χ2n) is 4.65. The van der Waals surface area contributed by atoms with E-state index in [1.165, 1.54) is 0 Å². The predicted octanol–water partition coefficient (Wildman–Crippen LogP) is 2.34. The van der Waals surface area contributed by atoms with Crippen molar-refractivity contribution in [2.75, 3.05) is 0 Å². The highest BCUT2D eigenvalue weighted by atomic mass is 32.1. The van der Waals surface area contributed by atoms with Crippen LogP contribution in [0.2, 0.25) is 0 Å². The Labute approximate surface area is 119 Å². The average Bonchev–Trinajstić information content (AvgIpc) is 2.96. The summed E-state index contributed by atoms with van der Waals surface area (Å²) in [6.07, 6.45) is -0.300. The number of hydrogen-bond donors (Lipinski definition) is 1. The zero-order chi connectivity index (χ0) is 15.2. The van der Waals surface area contributed by atoms with Crippen molar-refractivity contribution in [3.8, 4) is 0 Å². The molecule has 10 heteroatoms. The molecule has 0 bridgehead atoms. The van der Waals surface area contributed by atoms with E-state index in [0.717, 1.165) is 11.3 Å². The Morgan fingerprint density at radius 1 is 1.33 bits per heavy atom. The fourth-order valence-electron chi connectivity index (χ4n) is 2.32. The maximum atomic E-state index is 12.7. The number of nitrogens with zero attached hydrogens (tertiary/aromatic N) is 4. The van der Waals surface area contributed by atoms with Gasteiger partial charge in [0.15, 0.2) is 0 Å². The van der Waals surface area contributed by atoms with Crippen molar-refractivity contribution in [3.63, 3.8) is 0 Å². The molecule has 2 atom stereocenters. The van der Waals surface area contributed by atoms with Crippen molar-refractivity contribution in [2.24, 2.45) is 5.92 Å². The van der Waals surface area contributed by atoms with Crippen LogP contribution >= 0.6 is 11.3 Å². The third-order valence-corrected chi connectivity index (χ3v) is 4.36. The highest BCUT2D eigenvalue weighted by Gasteiger charge is 2.39. The maximum absolute atomic E-state index is 12.7. The van der Waals surface area contributed by atoms with Crippen molar-refractivity contribution in [1.82, 2.24) is 19.8 Å². The Balaban J connectivity index is 2.03. The fraction of sp³-hybridized carbons (Fsp3) is 0.455. The highest BCUT2D eigenvalue weighted by Crippen LogP contribution is 2.38. The molecule has 0 aliphatic heterocycles. The van der Waals surface area contributed by atoms with Crippen LogP contribution in [-0.2, 0) is 11.0 Å². The summed E-state index contributed by atoms with van der Waals surface area (Å²) in [6.45, 7) is 0. The van der Waals surface area contributed by atoms with Gasteiger partial charge in [-0.2, -0.15) is 22.8 Å². The number of alkyl halides is 3. The lowest BCUT2D eigenvalue weighted by atomic mass is 9.83. The number of aromatic nitrogens is 4. The van der Waals surface area contributed by atoms with Crippen molar-refractivity contribution < 1.29 is 23.1 Å². The molecule has 1 aliphatic carbocycles. The van der Waals surface area contributed by atoms with E-state index in [1.807, 2.05) is 6.08 Å². The van der Waals surface area contributed by atoms with Gasteiger partial charge in [0.2, 0.25) is 4.96 Å². The van der Waals surface area contributed by atoms with Crippen molar-refractivity contribution >= 4 is 22.3 Å². The molecule has 3 rings (SSSR count). The third-order valence-electron chi connectivity index (χ3n) is 3.33. The number of hydrogen-bond acceptors (Lipinski definition) is 5. The molecule has 2 aromatic heterocycles. The molecule has 0 aromatic carbocycles. The van der Waals surface area contributed by atoms with Gasteiger partial charge in [-0.1, -0.05) is 23.5 Å². The minimum absolute atomic E-state index is 0.0102. The van der Waals surface area contributed by atoms with Crippen LogP contribution in [0.1, 0.15) is 29.6 Å². The molecule has 0 spiro atoms. The molecular formula is C11H9F3N4O2S. The van der Waals surface area contributed by atoms with E-state index >= 15 is 0 Å². The number of halogens is 3. The number of rotatable bonds is 2. The number of carbonyl (C=O) groups is 1. The Hall–Kier alpha value is -1.97. The Morgan fingerprint density at radius 3 is 2.71 bits per heavy atom. The lowest BCUT2D eigenvalue weighted by Gasteiger charge is -2.22. The van der Waals surface area contributed by atoms with Crippen LogP contribution in [0.15, 0.2) is 12.2 Å². The van der Waals surface area contributed by atoms with Gasteiger partial charge in [-0.25, -0.2) is 0 Å². The first kappa shape index (κ1) is 14.0. The van der Waals surface area contributed by atoms with E-state index in [2.05, 4.69) is 15.3 Å². The molecule has 0 saturated heterocycles. The van der Waals surface area contributed by atoms with Crippen molar-refractivity contribution in [3.05, 3.63) is 23.0 Å². The van der Waals surface area contributed by atoms with E-state index in [-0.39, 0.29) is 4.96 Å². The summed E-state index contributed by atoms with van der Waals surface area (Å²) in [6, 6.07) is 0. The van der Waals surface area contributed by atoms with E-state index in [1.54, 1.807) is 6.08 Å². The second-order valence-corrected chi connectivity index (χ2v) is 5.64. The largest absolute Gasteiger partial charge is 0.481 e. The van der Waals surface area contributed by atoms with Crippen LogP contribution in [0.25, 0.3) is 4.96 Å². The van der Waals surface area contributed by atoms with Gasteiger partial charge in [-0.05, 0) is 12.8 Å². The van der Waals surface area contributed by atoms with Crippen LogP contribution in [-0.4, -0.2) is 30.9 Å². The van der Waals surface area contributed by atoms with Crippen LogP contribution in [0, 0.1) is 5.92 Å². The van der Waals surface area contributed by atoms with E-state index in [9.17, 15) is 23.1 Å². The van der Waals surface area contributed by atoms with Gasteiger partial charge in [0.05, 0.1) is 5.92 Å². The lowest BCUT2D eigenvalue weighted by Crippen LogP contribution is -2.23. The number of carboxylic acid groups (broad SMARTS) is 1.